The van der Waals surface area contributed by atoms with Crippen molar-refractivity contribution < 1.29 is 9.90 Å². The first-order valence-corrected chi connectivity index (χ1v) is 8.18. The van der Waals surface area contributed by atoms with Crippen molar-refractivity contribution in [2.24, 2.45) is 0 Å². The molecule has 1 aromatic heterocycles. The van der Waals surface area contributed by atoms with E-state index in [1.807, 2.05) is 55.7 Å². The second-order valence-electron chi connectivity index (χ2n) is 6.93. The van der Waals surface area contributed by atoms with E-state index >= 15 is 0 Å². The fourth-order valence-electron chi connectivity index (χ4n) is 2.57. The molecule has 0 saturated carbocycles. The van der Waals surface area contributed by atoms with Crippen LogP contribution >= 0.6 is 0 Å². The van der Waals surface area contributed by atoms with Crippen LogP contribution in [0.3, 0.4) is 0 Å². The number of anilines is 1. The summed E-state index contributed by atoms with van der Waals surface area (Å²) in [5, 5.41) is 24.2. The number of nitrogens with zero attached hydrogens (tertiary/aromatic N) is 2. The highest BCUT2D eigenvalue weighted by atomic mass is 16.3. The van der Waals surface area contributed by atoms with E-state index < -0.39 is 12.1 Å². The molecule has 6 nitrogen and oxygen atoms in total. The van der Waals surface area contributed by atoms with Crippen molar-refractivity contribution in [3.63, 3.8) is 0 Å². The maximum atomic E-state index is 12.3. The van der Waals surface area contributed by atoms with Crippen LogP contribution in [0.5, 0.6) is 0 Å². The van der Waals surface area contributed by atoms with Crippen LogP contribution in [0, 0.1) is 11.3 Å². The van der Waals surface area contributed by atoms with Crippen LogP contribution in [0.4, 0.5) is 10.6 Å². The van der Waals surface area contributed by atoms with Gasteiger partial charge < -0.3 is 15.0 Å². The first-order chi connectivity index (χ1) is 11.8. The molecule has 2 rings (SSSR count). The molecule has 0 spiro atoms. The number of urea groups is 1. The fourth-order valence-corrected chi connectivity index (χ4v) is 2.57. The normalized spacial score (nSPS) is 12.3. The van der Waals surface area contributed by atoms with E-state index in [4.69, 9.17) is 5.26 Å². The Labute approximate surface area is 148 Å². The topological polar surface area (TPSA) is 90.1 Å². The largest absolute Gasteiger partial charge is 0.394 e. The van der Waals surface area contributed by atoms with Gasteiger partial charge >= 0.3 is 6.03 Å². The molecule has 2 aromatic rings. The van der Waals surface area contributed by atoms with Gasteiger partial charge in [0.2, 0.25) is 0 Å². The van der Waals surface area contributed by atoms with E-state index in [1.54, 1.807) is 12.3 Å². The monoisotopic (exact) mass is 340 g/mol. The molecule has 25 heavy (non-hydrogen) atoms. The maximum absolute atomic E-state index is 12.3. The molecular weight excluding hydrogens is 316 g/mol. The van der Waals surface area contributed by atoms with Crippen molar-refractivity contribution in [1.29, 1.82) is 5.26 Å². The number of aliphatic hydroxyl groups is 1. The van der Waals surface area contributed by atoms with E-state index in [-0.39, 0.29) is 12.1 Å². The predicted molar refractivity (Wildman–Crippen MR) is 97.3 cm³/mol. The minimum atomic E-state index is -0.414. The van der Waals surface area contributed by atoms with Gasteiger partial charge in [-0.3, -0.25) is 5.32 Å². The minimum absolute atomic E-state index is 0.161. The van der Waals surface area contributed by atoms with Crippen LogP contribution in [-0.2, 0) is 12.0 Å². The Morgan fingerprint density at radius 2 is 2.00 bits per heavy atom. The molecule has 3 N–H and O–H groups in total. The number of aromatic nitrogens is 1. The summed E-state index contributed by atoms with van der Waals surface area (Å²) in [6, 6.07) is 12.6. The molecule has 0 aliphatic rings. The van der Waals surface area contributed by atoms with E-state index in [0.29, 0.717) is 17.8 Å². The lowest BCUT2D eigenvalue weighted by Gasteiger charge is -2.25. The van der Waals surface area contributed by atoms with Gasteiger partial charge in [0.15, 0.2) is 0 Å². The molecule has 0 aliphatic heterocycles. The van der Waals surface area contributed by atoms with Crippen molar-refractivity contribution in [2.75, 3.05) is 11.9 Å². The Balaban J connectivity index is 2.06. The van der Waals surface area contributed by atoms with Gasteiger partial charge in [0, 0.05) is 11.7 Å². The van der Waals surface area contributed by atoms with Gasteiger partial charge in [-0.1, -0.05) is 30.3 Å². The third-order valence-corrected chi connectivity index (χ3v) is 3.79. The van der Waals surface area contributed by atoms with Crippen LogP contribution in [0.2, 0.25) is 0 Å². The second-order valence-corrected chi connectivity index (χ2v) is 6.93. The molecule has 0 bridgehead atoms. The highest BCUT2D eigenvalue weighted by Gasteiger charge is 2.20. The first kappa shape index (κ1) is 18.6. The molecule has 1 heterocycles. The fraction of sp³-hybridized carbons (Fsp3) is 0.368. The van der Waals surface area contributed by atoms with Gasteiger partial charge in [0.05, 0.1) is 18.2 Å². The van der Waals surface area contributed by atoms with Crippen LogP contribution in [-0.4, -0.2) is 28.4 Å². The Bertz CT molecular complexity index is 754. The predicted octanol–water partition coefficient (Wildman–Crippen LogP) is 2.84. The van der Waals surface area contributed by atoms with Crippen molar-refractivity contribution in [3.8, 4) is 6.07 Å². The molecule has 1 aromatic carbocycles. The molecule has 0 saturated heterocycles. The number of rotatable bonds is 5. The smallest absolute Gasteiger partial charge is 0.320 e. The van der Waals surface area contributed by atoms with Crippen molar-refractivity contribution in [1.82, 2.24) is 9.88 Å². The molecule has 1 unspecified atom stereocenters. The summed E-state index contributed by atoms with van der Waals surface area (Å²) >= 11 is 0. The first-order valence-electron chi connectivity index (χ1n) is 8.18. The highest BCUT2D eigenvalue weighted by Crippen LogP contribution is 2.23. The summed E-state index contributed by atoms with van der Waals surface area (Å²) in [6.07, 6.45) is 2.25. The van der Waals surface area contributed by atoms with Gasteiger partial charge in [0.1, 0.15) is 11.9 Å². The lowest BCUT2D eigenvalue weighted by atomic mass is 10.1. The molecular formula is C19H24N4O2. The van der Waals surface area contributed by atoms with Crippen LogP contribution in [0.25, 0.3) is 0 Å². The molecule has 0 radical (unpaired) electrons. The minimum Gasteiger partial charge on any atom is -0.394 e. The van der Waals surface area contributed by atoms with Gasteiger partial charge in [-0.25, -0.2) is 4.79 Å². The number of amides is 2. The molecule has 0 aliphatic carbocycles. The molecule has 0 fully saturated rings. The number of nitriles is 1. The summed E-state index contributed by atoms with van der Waals surface area (Å²) < 4.78 is 1.84. The number of aliphatic hydroxyl groups excluding tert-OH is 1. The number of hydrogen-bond donors (Lipinski definition) is 3. The standard InChI is InChI=1S/C19H24N4O2/c1-19(2,3)23-12-15(11-20)10-17(23)22-18(25)21-16(13-24)9-14-7-5-4-6-8-14/h4-8,10,12,16,24H,9,13H2,1-3H3,(H2,21,22,25). The summed E-state index contributed by atoms with van der Waals surface area (Å²) in [4.78, 5) is 12.3. The lowest BCUT2D eigenvalue weighted by Crippen LogP contribution is -2.42. The van der Waals surface area contributed by atoms with E-state index in [2.05, 4.69) is 16.7 Å². The molecule has 132 valence electrons. The van der Waals surface area contributed by atoms with Gasteiger partial charge in [-0.2, -0.15) is 5.26 Å². The quantitative estimate of drug-likeness (QED) is 0.782. The number of hydrogen-bond acceptors (Lipinski definition) is 3. The van der Waals surface area contributed by atoms with E-state index in [9.17, 15) is 9.90 Å². The van der Waals surface area contributed by atoms with Crippen LogP contribution in [0.15, 0.2) is 42.6 Å². The van der Waals surface area contributed by atoms with E-state index in [0.717, 1.165) is 5.56 Å². The summed E-state index contributed by atoms with van der Waals surface area (Å²) in [5.41, 5.74) is 1.23. The van der Waals surface area contributed by atoms with Gasteiger partial charge in [-0.05, 0) is 38.8 Å². The number of benzene rings is 1. The zero-order chi connectivity index (χ0) is 18.4. The molecule has 1 atom stereocenters. The number of carbonyl (C=O) groups is 1. The second kappa shape index (κ2) is 7.86. The Morgan fingerprint density at radius 1 is 1.32 bits per heavy atom. The third-order valence-electron chi connectivity index (χ3n) is 3.79. The zero-order valence-electron chi connectivity index (χ0n) is 14.8. The summed E-state index contributed by atoms with van der Waals surface area (Å²) in [7, 11) is 0. The number of nitrogens with one attached hydrogen (secondary N) is 2. The van der Waals surface area contributed by atoms with Gasteiger partial charge in [-0.15, -0.1) is 0 Å². The Kier molecular flexibility index (Phi) is 5.84. The zero-order valence-corrected chi connectivity index (χ0v) is 14.8. The SMILES string of the molecule is CC(C)(C)n1cc(C#N)cc1NC(=O)NC(CO)Cc1ccccc1. The van der Waals surface area contributed by atoms with Crippen molar-refractivity contribution in [2.45, 2.75) is 38.8 Å². The summed E-state index contributed by atoms with van der Waals surface area (Å²) in [5.74, 6) is 0.540. The maximum Gasteiger partial charge on any atom is 0.320 e. The van der Waals surface area contributed by atoms with Gasteiger partial charge in [0.25, 0.3) is 0 Å². The van der Waals surface area contributed by atoms with E-state index in [1.165, 1.54) is 0 Å². The molecule has 6 heteroatoms. The third kappa shape index (κ3) is 5.10. The highest BCUT2D eigenvalue weighted by molar-refractivity contribution is 5.89. The van der Waals surface area contributed by atoms with Crippen LogP contribution < -0.4 is 10.6 Å². The Morgan fingerprint density at radius 3 is 2.56 bits per heavy atom. The average molecular weight is 340 g/mol. The average Bonchev–Trinajstić information content (AvgIpc) is 2.98. The summed E-state index contributed by atoms with van der Waals surface area (Å²) in [6.45, 7) is 5.81. The van der Waals surface area contributed by atoms with Crippen molar-refractivity contribution in [3.05, 3.63) is 53.7 Å². The molecule has 2 amide bonds. The lowest BCUT2D eigenvalue weighted by molar-refractivity contribution is 0.224. The Hall–Kier alpha value is -2.78. The number of carbonyl (C=O) groups excluding carboxylic acids is 1. The van der Waals surface area contributed by atoms with Crippen LogP contribution in [0.1, 0.15) is 31.9 Å². The van der Waals surface area contributed by atoms with Crippen molar-refractivity contribution >= 4 is 11.8 Å².